The third-order valence-electron chi connectivity index (χ3n) is 5.52. The molecule has 26 heavy (non-hydrogen) atoms. The summed E-state index contributed by atoms with van der Waals surface area (Å²) in [7, 11) is 0.724. The molecule has 4 nitrogen and oxygen atoms in total. The smallest absolute Gasteiger partial charge is 0.399 e. The maximum Gasteiger partial charge on any atom is 0.494 e. The summed E-state index contributed by atoms with van der Waals surface area (Å²) in [5.41, 5.74) is -2.12. The van der Waals surface area contributed by atoms with Crippen LogP contribution in [0.3, 0.4) is 0 Å². The van der Waals surface area contributed by atoms with Crippen LogP contribution in [0.5, 0.6) is 0 Å². The van der Waals surface area contributed by atoms with Crippen LogP contribution in [-0.4, -0.2) is 42.2 Å². The van der Waals surface area contributed by atoms with Crippen molar-refractivity contribution in [2.45, 2.75) is 64.0 Å². The van der Waals surface area contributed by atoms with Crippen molar-refractivity contribution in [1.29, 1.82) is 0 Å². The molecule has 8 heteroatoms. The van der Waals surface area contributed by atoms with Gasteiger partial charge in [0.05, 0.1) is 22.3 Å². The lowest BCUT2D eigenvalue weighted by Crippen LogP contribution is -2.41. The van der Waals surface area contributed by atoms with Crippen molar-refractivity contribution in [3.63, 3.8) is 0 Å². The Bertz CT molecular complexity index is 713. The van der Waals surface area contributed by atoms with Gasteiger partial charge in [-0.1, -0.05) is 6.07 Å². The molecule has 1 aliphatic carbocycles. The Balaban J connectivity index is 1.99. The average Bonchev–Trinajstić information content (AvgIpc) is 3.32. The summed E-state index contributed by atoms with van der Waals surface area (Å²) in [4.78, 5) is 14.0. The first kappa shape index (κ1) is 19.2. The highest BCUT2D eigenvalue weighted by atomic mass is 19.4. The van der Waals surface area contributed by atoms with Crippen LogP contribution in [-0.2, 0) is 15.5 Å². The fourth-order valence-corrected chi connectivity index (χ4v) is 2.93. The third-order valence-corrected chi connectivity index (χ3v) is 5.52. The van der Waals surface area contributed by atoms with Crippen LogP contribution in [0.15, 0.2) is 18.2 Å². The van der Waals surface area contributed by atoms with Crippen molar-refractivity contribution in [2.75, 3.05) is 7.05 Å². The maximum atomic E-state index is 13.4. The summed E-state index contributed by atoms with van der Waals surface area (Å²) in [6.07, 6.45) is -2.97. The number of hydrogen-bond donors (Lipinski definition) is 0. The van der Waals surface area contributed by atoms with Crippen molar-refractivity contribution < 1.29 is 27.3 Å². The molecule has 0 radical (unpaired) electrons. The van der Waals surface area contributed by atoms with E-state index in [0.717, 1.165) is 18.9 Å². The van der Waals surface area contributed by atoms with E-state index in [9.17, 15) is 18.0 Å². The number of halogens is 3. The Labute approximate surface area is 151 Å². The number of alkyl halides is 3. The standard InChI is InChI=1S/C18H23BF3NO3/c1-16(2)17(3,4)26-19(25-16)11-6-9-14(18(20,21)22)13(10-11)15(24)23(5)12-7-8-12/h6,9-10,12H,7-8H2,1-5H3. The molecule has 1 amide bonds. The number of hydrogen-bond acceptors (Lipinski definition) is 3. The van der Waals surface area contributed by atoms with Gasteiger partial charge in [0, 0.05) is 13.1 Å². The summed E-state index contributed by atoms with van der Waals surface area (Å²) in [5.74, 6) is -0.627. The average molecular weight is 369 g/mol. The second-order valence-electron chi connectivity index (χ2n) is 8.04. The Kier molecular flexibility index (Phi) is 4.43. The highest BCUT2D eigenvalue weighted by Crippen LogP contribution is 2.38. The largest absolute Gasteiger partial charge is 0.494 e. The van der Waals surface area contributed by atoms with Crippen LogP contribution in [0.2, 0.25) is 0 Å². The van der Waals surface area contributed by atoms with Gasteiger partial charge in [-0.25, -0.2) is 0 Å². The van der Waals surface area contributed by atoms with Crippen LogP contribution in [0.1, 0.15) is 56.5 Å². The van der Waals surface area contributed by atoms with E-state index in [4.69, 9.17) is 9.31 Å². The number of carbonyl (C=O) groups excluding carboxylic acids is 1. The van der Waals surface area contributed by atoms with Crippen molar-refractivity contribution in [3.05, 3.63) is 29.3 Å². The van der Waals surface area contributed by atoms with Gasteiger partial charge >= 0.3 is 13.3 Å². The molecule has 1 aliphatic heterocycles. The van der Waals surface area contributed by atoms with E-state index in [2.05, 4.69) is 0 Å². The first-order chi connectivity index (χ1) is 11.8. The minimum absolute atomic E-state index is 0.0177. The van der Waals surface area contributed by atoms with Gasteiger partial charge in [0.1, 0.15) is 0 Å². The van der Waals surface area contributed by atoms with Gasteiger partial charge < -0.3 is 14.2 Å². The molecule has 0 N–H and O–H groups in total. The monoisotopic (exact) mass is 369 g/mol. The highest BCUT2D eigenvalue weighted by Gasteiger charge is 2.52. The molecule has 1 saturated heterocycles. The first-order valence-electron chi connectivity index (χ1n) is 8.67. The Morgan fingerprint density at radius 3 is 2.15 bits per heavy atom. The van der Waals surface area contributed by atoms with Crippen LogP contribution in [0.4, 0.5) is 13.2 Å². The minimum atomic E-state index is -4.61. The van der Waals surface area contributed by atoms with Crippen LogP contribution < -0.4 is 5.46 Å². The second kappa shape index (κ2) is 5.99. The SMILES string of the molecule is CN(C(=O)c1cc(B2OC(C)(C)C(C)(C)O2)ccc1C(F)(F)F)C1CC1. The normalized spacial score (nSPS) is 21.8. The predicted octanol–water partition coefficient (Wildman–Crippen LogP) is 3.24. The summed E-state index contributed by atoms with van der Waals surface area (Å²) in [6, 6.07) is 3.53. The zero-order valence-corrected chi connectivity index (χ0v) is 15.6. The van der Waals surface area contributed by atoms with Gasteiger partial charge in [-0.05, 0) is 58.1 Å². The van der Waals surface area contributed by atoms with E-state index in [1.165, 1.54) is 17.0 Å². The van der Waals surface area contributed by atoms with Gasteiger partial charge in [0.2, 0.25) is 0 Å². The van der Waals surface area contributed by atoms with Crippen molar-refractivity contribution in [1.82, 2.24) is 4.90 Å². The Morgan fingerprint density at radius 1 is 1.15 bits per heavy atom. The molecule has 0 spiro atoms. The molecular weight excluding hydrogens is 346 g/mol. The van der Waals surface area contributed by atoms with E-state index < -0.39 is 36.0 Å². The summed E-state index contributed by atoms with van der Waals surface area (Å²) in [6.45, 7) is 7.46. The van der Waals surface area contributed by atoms with Crippen molar-refractivity contribution in [2.24, 2.45) is 0 Å². The third kappa shape index (κ3) is 3.36. The lowest BCUT2D eigenvalue weighted by Gasteiger charge is -2.32. The molecule has 2 aliphatic rings. The minimum Gasteiger partial charge on any atom is -0.399 e. The molecule has 0 aromatic heterocycles. The summed E-state index contributed by atoms with van der Waals surface area (Å²) in [5, 5.41) is 0. The molecule has 1 aromatic rings. The molecule has 2 fully saturated rings. The Hall–Kier alpha value is -1.54. The first-order valence-corrected chi connectivity index (χ1v) is 8.67. The molecule has 1 saturated carbocycles. The molecule has 0 atom stereocenters. The topological polar surface area (TPSA) is 38.8 Å². The number of nitrogens with zero attached hydrogens (tertiary/aromatic N) is 1. The lowest BCUT2D eigenvalue weighted by atomic mass is 9.77. The van der Waals surface area contributed by atoms with E-state index in [0.29, 0.717) is 5.46 Å². The molecule has 1 aromatic carbocycles. The maximum absolute atomic E-state index is 13.4. The van der Waals surface area contributed by atoms with E-state index >= 15 is 0 Å². The predicted molar refractivity (Wildman–Crippen MR) is 92.3 cm³/mol. The molecule has 0 bridgehead atoms. The molecular formula is C18H23BF3NO3. The number of rotatable bonds is 3. The molecule has 1 heterocycles. The summed E-state index contributed by atoms with van der Waals surface area (Å²) >= 11 is 0. The fourth-order valence-electron chi connectivity index (χ4n) is 2.93. The van der Waals surface area contributed by atoms with E-state index in [-0.39, 0.29) is 11.6 Å². The van der Waals surface area contributed by atoms with E-state index in [1.54, 1.807) is 7.05 Å². The molecule has 142 valence electrons. The van der Waals surface area contributed by atoms with E-state index in [1.807, 2.05) is 27.7 Å². The quantitative estimate of drug-likeness (QED) is 0.768. The number of benzene rings is 1. The van der Waals surface area contributed by atoms with Crippen LogP contribution >= 0.6 is 0 Å². The van der Waals surface area contributed by atoms with Crippen LogP contribution in [0, 0.1) is 0 Å². The van der Waals surface area contributed by atoms with Crippen molar-refractivity contribution >= 4 is 18.5 Å². The fraction of sp³-hybridized carbons (Fsp3) is 0.611. The van der Waals surface area contributed by atoms with Gasteiger partial charge in [0.25, 0.3) is 5.91 Å². The van der Waals surface area contributed by atoms with Crippen LogP contribution in [0.25, 0.3) is 0 Å². The van der Waals surface area contributed by atoms with Gasteiger partial charge in [-0.15, -0.1) is 0 Å². The van der Waals surface area contributed by atoms with Gasteiger partial charge in [-0.3, -0.25) is 4.79 Å². The summed E-state index contributed by atoms with van der Waals surface area (Å²) < 4.78 is 52.0. The number of carbonyl (C=O) groups is 1. The second-order valence-corrected chi connectivity index (χ2v) is 8.04. The van der Waals surface area contributed by atoms with Gasteiger partial charge in [0.15, 0.2) is 0 Å². The Morgan fingerprint density at radius 2 is 1.69 bits per heavy atom. The van der Waals surface area contributed by atoms with Gasteiger partial charge in [-0.2, -0.15) is 13.2 Å². The zero-order chi connectivity index (χ0) is 19.5. The lowest BCUT2D eigenvalue weighted by molar-refractivity contribution is -0.138. The molecule has 0 unspecified atom stereocenters. The van der Waals surface area contributed by atoms with Crippen molar-refractivity contribution in [3.8, 4) is 0 Å². The number of amides is 1. The zero-order valence-electron chi connectivity index (χ0n) is 15.6. The molecule has 3 rings (SSSR count). The highest BCUT2D eigenvalue weighted by molar-refractivity contribution is 6.62.